The highest BCUT2D eigenvalue weighted by Gasteiger charge is 2.36. The average Bonchev–Trinajstić information content (AvgIpc) is 3.34. The summed E-state index contributed by atoms with van der Waals surface area (Å²) >= 11 is 7.69. The maximum absolute atomic E-state index is 14.2. The highest BCUT2D eigenvalue weighted by atomic mass is 35.5. The van der Waals surface area contributed by atoms with E-state index in [2.05, 4.69) is 0 Å². The lowest BCUT2D eigenvalue weighted by molar-refractivity contribution is -0.139. The summed E-state index contributed by atoms with van der Waals surface area (Å²) in [6.45, 7) is 6.37. The Hall–Kier alpha value is -4.34. The number of hydrogen-bond acceptors (Lipinski definition) is 8. The first-order valence-electron chi connectivity index (χ1n) is 14.7. The fourth-order valence-electron chi connectivity index (χ4n) is 5.22. The van der Waals surface area contributed by atoms with Crippen LogP contribution in [-0.4, -0.2) is 31.4 Å². The van der Waals surface area contributed by atoms with Gasteiger partial charge in [0.2, 0.25) is 0 Å². The molecular weight excluding hydrogens is 612 g/mol. The molecule has 0 aliphatic carbocycles. The molecule has 0 N–H and O–H groups in total. The van der Waals surface area contributed by atoms with Crippen LogP contribution in [0.2, 0.25) is 5.02 Å². The van der Waals surface area contributed by atoms with Gasteiger partial charge < -0.3 is 18.9 Å². The summed E-state index contributed by atoms with van der Waals surface area (Å²) in [6.07, 6.45) is 3.06. The SMILES string of the molecule is CCCC1=C(C(=O)OCC)[C@@H](c2cc(Cl)ccc2OC)n2c(s/c(=C/c3ccc(OCc4ccc(C)cc4)c(OC)c3)c2=O)=N1. The summed E-state index contributed by atoms with van der Waals surface area (Å²) in [5.74, 6) is 1.09. The van der Waals surface area contributed by atoms with Crippen molar-refractivity contribution in [3.05, 3.63) is 119 Å². The number of benzene rings is 3. The number of allylic oxidation sites excluding steroid dienone is 1. The molecule has 1 aromatic heterocycles. The molecule has 234 valence electrons. The Bertz CT molecular complexity index is 1930. The zero-order valence-electron chi connectivity index (χ0n) is 25.9. The fraction of sp³-hybridized carbons (Fsp3) is 0.286. The van der Waals surface area contributed by atoms with Crippen molar-refractivity contribution in [1.29, 1.82) is 0 Å². The molecule has 1 atom stereocenters. The van der Waals surface area contributed by atoms with Crippen LogP contribution in [0.25, 0.3) is 6.08 Å². The third-order valence-corrected chi connectivity index (χ3v) is 8.60. The monoisotopic (exact) mass is 646 g/mol. The van der Waals surface area contributed by atoms with Crippen LogP contribution in [0.1, 0.15) is 55.0 Å². The van der Waals surface area contributed by atoms with Crippen LogP contribution in [-0.2, 0) is 16.1 Å². The number of fused-ring (bicyclic) bond motifs is 1. The predicted octanol–water partition coefficient (Wildman–Crippen LogP) is 6.14. The van der Waals surface area contributed by atoms with Gasteiger partial charge in [-0.2, -0.15) is 0 Å². The lowest BCUT2D eigenvalue weighted by Crippen LogP contribution is -2.40. The molecule has 0 spiro atoms. The van der Waals surface area contributed by atoms with Gasteiger partial charge >= 0.3 is 5.97 Å². The third kappa shape index (κ3) is 6.84. The quantitative estimate of drug-likeness (QED) is 0.182. The maximum atomic E-state index is 14.2. The van der Waals surface area contributed by atoms with Crippen LogP contribution in [0.3, 0.4) is 0 Å². The molecule has 0 unspecified atom stereocenters. The molecule has 4 aromatic rings. The van der Waals surface area contributed by atoms with Crippen LogP contribution < -0.4 is 29.1 Å². The van der Waals surface area contributed by atoms with E-state index in [1.165, 1.54) is 21.5 Å². The number of hydrogen-bond donors (Lipinski definition) is 0. The molecule has 0 fully saturated rings. The molecule has 45 heavy (non-hydrogen) atoms. The number of aromatic nitrogens is 1. The molecule has 10 heteroatoms. The minimum atomic E-state index is -0.843. The Labute approximate surface area is 270 Å². The van der Waals surface area contributed by atoms with Gasteiger partial charge in [-0.15, -0.1) is 0 Å². The third-order valence-electron chi connectivity index (χ3n) is 7.38. The summed E-state index contributed by atoms with van der Waals surface area (Å²) in [5.41, 5.74) is 4.12. The number of esters is 1. The van der Waals surface area contributed by atoms with Crippen molar-refractivity contribution < 1.29 is 23.7 Å². The van der Waals surface area contributed by atoms with Gasteiger partial charge in [-0.25, -0.2) is 9.79 Å². The summed E-state index contributed by atoms with van der Waals surface area (Å²) in [6, 6.07) is 18.0. The van der Waals surface area contributed by atoms with Gasteiger partial charge in [0.1, 0.15) is 18.4 Å². The van der Waals surface area contributed by atoms with Gasteiger partial charge in [0.25, 0.3) is 5.56 Å². The molecule has 3 aromatic carbocycles. The van der Waals surface area contributed by atoms with Crippen molar-refractivity contribution in [1.82, 2.24) is 4.57 Å². The number of methoxy groups -OCH3 is 2. The standard InChI is InChI=1S/C35H35ClN2O6S/c1-6-8-26-31(34(40)43-7-2)32(25-19-24(36)14-16-27(25)41-4)38-33(39)30(45-35(38)37-26)18-23-13-15-28(29(17-23)42-5)44-20-22-11-9-21(3)10-12-22/h9-19,32H,6-8,20H2,1-5H3/b30-18+/t32-/m1/s1. The van der Waals surface area contributed by atoms with E-state index < -0.39 is 12.0 Å². The van der Waals surface area contributed by atoms with E-state index in [1.54, 1.807) is 45.4 Å². The van der Waals surface area contributed by atoms with Gasteiger partial charge in [-0.3, -0.25) is 9.36 Å². The normalized spacial score (nSPS) is 14.5. The van der Waals surface area contributed by atoms with Crippen LogP contribution in [0.5, 0.6) is 17.2 Å². The van der Waals surface area contributed by atoms with Gasteiger partial charge in [-0.05, 0) is 67.8 Å². The molecule has 0 bridgehead atoms. The number of carbonyl (C=O) groups excluding carboxylic acids is 1. The summed E-state index contributed by atoms with van der Waals surface area (Å²) in [4.78, 5) is 32.9. The van der Waals surface area contributed by atoms with E-state index in [0.29, 0.717) is 61.5 Å². The first-order chi connectivity index (χ1) is 21.8. The number of aryl methyl sites for hydroxylation is 1. The number of nitrogens with zero attached hydrogens (tertiary/aromatic N) is 2. The second kappa shape index (κ2) is 14.2. The van der Waals surface area contributed by atoms with E-state index in [1.807, 2.05) is 56.3 Å². The van der Waals surface area contributed by atoms with E-state index in [-0.39, 0.29) is 12.2 Å². The van der Waals surface area contributed by atoms with Gasteiger partial charge in [-0.1, -0.05) is 72.2 Å². The van der Waals surface area contributed by atoms with E-state index in [0.717, 1.165) is 17.5 Å². The lowest BCUT2D eigenvalue weighted by atomic mass is 9.93. The molecule has 8 nitrogen and oxygen atoms in total. The zero-order chi connectivity index (χ0) is 32.1. The molecule has 1 aliphatic rings. The summed E-state index contributed by atoms with van der Waals surface area (Å²) in [7, 11) is 3.12. The second-order valence-electron chi connectivity index (χ2n) is 10.5. The number of ether oxygens (including phenoxy) is 4. The Morgan fingerprint density at radius 3 is 2.42 bits per heavy atom. The van der Waals surface area contributed by atoms with Gasteiger partial charge in [0.05, 0.1) is 36.6 Å². The molecular formula is C35H35ClN2O6S. The van der Waals surface area contributed by atoms with Crippen LogP contribution in [0, 0.1) is 6.92 Å². The van der Waals surface area contributed by atoms with E-state index in [4.69, 9.17) is 35.5 Å². The number of thiazole rings is 1. The molecule has 5 rings (SSSR count). The lowest BCUT2D eigenvalue weighted by Gasteiger charge is -2.27. The van der Waals surface area contributed by atoms with Crippen LogP contribution in [0.15, 0.2) is 81.7 Å². The number of carbonyl (C=O) groups is 1. The highest BCUT2D eigenvalue weighted by Crippen LogP contribution is 2.38. The average molecular weight is 647 g/mol. The Kier molecular flexibility index (Phi) is 10.1. The number of rotatable bonds is 11. The maximum Gasteiger partial charge on any atom is 0.338 e. The zero-order valence-corrected chi connectivity index (χ0v) is 27.5. The Morgan fingerprint density at radius 1 is 1.00 bits per heavy atom. The largest absolute Gasteiger partial charge is 0.496 e. The van der Waals surface area contributed by atoms with Crippen molar-refractivity contribution in [3.63, 3.8) is 0 Å². The van der Waals surface area contributed by atoms with Crippen molar-refractivity contribution >= 4 is 35.0 Å². The van der Waals surface area contributed by atoms with Crippen molar-refractivity contribution in [3.8, 4) is 17.2 Å². The van der Waals surface area contributed by atoms with Crippen molar-refractivity contribution in [2.45, 2.75) is 46.3 Å². The topological polar surface area (TPSA) is 88.4 Å². The van der Waals surface area contributed by atoms with Gasteiger partial charge in [0.15, 0.2) is 16.3 Å². The van der Waals surface area contributed by atoms with Crippen molar-refractivity contribution in [2.24, 2.45) is 4.99 Å². The van der Waals surface area contributed by atoms with Gasteiger partial charge in [0, 0.05) is 10.6 Å². The Morgan fingerprint density at radius 2 is 1.73 bits per heavy atom. The fourth-order valence-corrected chi connectivity index (χ4v) is 6.42. The molecule has 0 radical (unpaired) electrons. The number of halogens is 1. The van der Waals surface area contributed by atoms with Crippen molar-refractivity contribution in [2.75, 3.05) is 20.8 Å². The molecule has 0 saturated heterocycles. The molecule has 2 heterocycles. The minimum Gasteiger partial charge on any atom is -0.496 e. The highest BCUT2D eigenvalue weighted by molar-refractivity contribution is 7.07. The Balaban J connectivity index is 1.61. The summed E-state index contributed by atoms with van der Waals surface area (Å²) in [5, 5.41) is 0.446. The smallest absolute Gasteiger partial charge is 0.338 e. The van der Waals surface area contributed by atoms with Crippen LogP contribution >= 0.6 is 22.9 Å². The minimum absolute atomic E-state index is 0.179. The van der Waals surface area contributed by atoms with E-state index >= 15 is 0 Å². The summed E-state index contributed by atoms with van der Waals surface area (Å²) < 4.78 is 24.8. The van der Waals surface area contributed by atoms with E-state index in [9.17, 15) is 9.59 Å². The van der Waals surface area contributed by atoms with Crippen LogP contribution in [0.4, 0.5) is 0 Å². The molecule has 0 amide bonds. The molecule has 0 saturated carbocycles. The molecule has 1 aliphatic heterocycles. The second-order valence-corrected chi connectivity index (χ2v) is 11.9. The predicted molar refractivity (Wildman–Crippen MR) is 176 cm³/mol. The first kappa shape index (κ1) is 32.1. The first-order valence-corrected chi connectivity index (χ1v) is 15.9.